The number of rotatable bonds is 5. The van der Waals surface area contributed by atoms with Gasteiger partial charge >= 0.3 is 5.97 Å². The maximum absolute atomic E-state index is 13.0. The molecule has 0 aliphatic carbocycles. The van der Waals surface area contributed by atoms with Gasteiger partial charge in [0.1, 0.15) is 10.9 Å². The Bertz CT molecular complexity index is 1150. The Labute approximate surface area is 156 Å². The second-order valence-electron chi connectivity index (χ2n) is 6.38. The molecule has 0 saturated heterocycles. The van der Waals surface area contributed by atoms with Gasteiger partial charge in [0.25, 0.3) is 0 Å². The first-order valence-electron chi connectivity index (χ1n) is 8.23. The minimum atomic E-state index is -4.15. The number of carboxylic acids is 1. The van der Waals surface area contributed by atoms with Crippen LogP contribution >= 0.6 is 0 Å². The molecule has 0 amide bonds. The van der Waals surface area contributed by atoms with Gasteiger partial charge in [0.2, 0.25) is 10.0 Å². The van der Waals surface area contributed by atoms with Crippen LogP contribution in [0.15, 0.2) is 35.2 Å². The molecule has 142 valence electrons. The lowest BCUT2D eigenvalue weighted by Gasteiger charge is -2.16. The van der Waals surface area contributed by atoms with E-state index in [2.05, 4.69) is 14.8 Å². The standard InChI is InChI=1S/C18H20N4O4S/c1-10-8-9-13-6-5-7-14(16(13)19-10)27(25,26)21-17(18(23)24)15-11(2)20-22(4)12(15)3/h5-9,17,21H,1-4H3,(H,23,24). The average molecular weight is 388 g/mol. The molecule has 0 aliphatic heterocycles. The molecule has 0 fully saturated rings. The number of sulfonamides is 1. The summed E-state index contributed by atoms with van der Waals surface area (Å²) in [7, 11) is -2.47. The number of benzene rings is 1. The topological polar surface area (TPSA) is 114 Å². The molecule has 9 heteroatoms. The number of hydrogen-bond donors (Lipinski definition) is 2. The number of pyridine rings is 1. The largest absolute Gasteiger partial charge is 0.480 e. The van der Waals surface area contributed by atoms with Crippen LogP contribution in [0, 0.1) is 20.8 Å². The molecular weight excluding hydrogens is 368 g/mol. The van der Waals surface area contributed by atoms with E-state index in [0.29, 0.717) is 33.5 Å². The third kappa shape index (κ3) is 3.43. The zero-order valence-electron chi connectivity index (χ0n) is 15.4. The average Bonchev–Trinajstić information content (AvgIpc) is 2.84. The third-order valence-electron chi connectivity index (χ3n) is 4.49. The summed E-state index contributed by atoms with van der Waals surface area (Å²) in [5, 5.41) is 14.5. The van der Waals surface area contributed by atoms with E-state index in [9.17, 15) is 18.3 Å². The molecule has 0 aliphatic rings. The number of nitrogens with zero attached hydrogens (tertiary/aromatic N) is 3. The highest BCUT2D eigenvalue weighted by molar-refractivity contribution is 7.89. The molecule has 2 N–H and O–H groups in total. The summed E-state index contributed by atoms with van der Waals surface area (Å²) in [5.74, 6) is -1.30. The first-order chi connectivity index (χ1) is 12.6. The molecule has 0 bridgehead atoms. The van der Waals surface area contributed by atoms with Crippen LogP contribution in [0.3, 0.4) is 0 Å². The predicted molar refractivity (Wildman–Crippen MR) is 99.9 cm³/mol. The normalized spacial score (nSPS) is 13.0. The summed E-state index contributed by atoms with van der Waals surface area (Å²) in [6.45, 7) is 5.11. The van der Waals surface area contributed by atoms with E-state index >= 15 is 0 Å². The Morgan fingerprint density at radius 1 is 1.19 bits per heavy atom. The summed E-state index contributed by atoms with van der Waals surface area (Å²) in [6, 6.07) is 6.88. The molecule has 1 aromatic carbocycles. The lowest BCUT2D eigenvalue weighted by Crippen LogP contribution is -2.34. The number of fused-ring (bicyclic) bond motifs is 1. The van der Waals surface area contributed by atoms with Crippen molar-refractivity contribution in [3.63, 3.8) is 0 Å². The summed E-state index contributed by atoms with van der Waals surface area (Å²) in [6.07, 6.45) is 0. The number of aliphatic carboxylic acids is 1. The van der Waals surface area contributed by atoms with Gasteiger partial charge in [-0.05, 0) is 32.9 Å². The highest BCUT2D eigenvalue weighted by atomic mass is 32.2. The lowest BCUT2D eigenvalue weighted by molar-refractivity contribution is -0.139. The maximum atomic E-state index is 13.0. The number of aryl methyl sites for hydroxylation is 3. The SMILES string of the molecule is Cc1ccc2cccc(S(=O)(=O)NC(C(=O)O)c3c(C)nn(C)c3C)c2n1. The van der Waals surface area contributed by atoms with E-state index in [0.717, 1.165) is 0 Å². The second kappa shape index (κ2) is 6.75. The van der Waals surface area contributed by atoms with Crippen molar-refractivity contribution >= 4 is 26.9 Å². The molecule has 1 unspecified atom stereocenters. The van der Waals surface area contributed by atoms with Gasteiger partial charge in [0, 0.05) is 29.4 Å². The number of nitrogens with one attached hydrogen (secondary N) is 1. The lowest BCUT2D eigenvalue weighted by atomic mass is 10.1. The van der Waals surface area contributed by atoms with E-state index in [1.54, 1.807) is 52.1 Å². The van der Waals surface area contributed by atoms with Crippen molar-refractivity contribution in [1.29, 1.82) is 0 Å². The Morgan fingerprint density at radius 3 is 2.48 bits per heavy atom. The van der Waals surface area contributed by atoms with Gasteiger partial charge in [0.05, 0.1) is 11.2 Å². The van der Waals surface area contributed by atoms with Crippen LogP contribution < -0.4 is 4.72 Å². The van der Waals surface area contributed by atoms with Crippen molar-refractivity contribution in [2.75, 3.05) is 0 Å². The number of para-hydroxylation sites is 1. The van der Waals surface area contributed by atoms with Gasteiger partial charge in [-0.25, -0.2) is 8.42 Å². The monoisotopic (exact) mass is 388 g/mol. The minimum absolute atomic E-state index is 0.0610. The maximum Gasteiger partial charge on any atom is 0.326 e. The zero-order chi connectivity index (χ0) is 19.9. The van der Waals surface area contributed by atoms with E-state index in [1.807, 2.05) is 0 Å². The number of carbonyl (C=O) groups is 1. The Hall–Kier alpha value is -2.78. The van der Waals surface area contributed by atoms with E-state index in [-0.39, 0.29) is 4.90 Å². The first-order valence-corrected chi connectivity index (χ1v) is 9.71. The summed E-state index contributed by atoms with van der Waals surface area (Å²) < 4.78 is 29.9. The number of aromatic nitrogens is 3. The van der Waals surface area contributed by atoms with Crippen molar-refractivity contribution in [2.45, 2.75) is 31.7 Å². The fourth-order valence-corrected chi connectivity index (χ4v) is 4.43. The molecule has 2 heterocycles. The van der Waals surface area contributed by atoms with Crippen molar-refractivity contribution in [1.82, 2.24) is 19.5 Å². The Morgan fingerprint density at radius 2 is 1.89 bits per heavy atom. The van der Waals surface area contributed by atoms with Crippen molar-refractivity contribution in [3.8, 4) is 0 Å². The third-order valence-corrected chi connectivity index (χ3v) is 5.94. The molecule has 27 heavy (non-hydrogen) atoms. The van der Waals surface area contributed by atoms with Crippen molar-refractivity contribution in [3.05, 3.63) is 53.0 Å². The Balaban J connectivity index is 2.12. The van der Waals surface area contributed by atoms with Gasteiger partial charge in [-0.15, -0.1) is 0 Å². The minimum Gasteiger partial charge on any atom is -0.480 e. The van der Waals surface area contributed by atoms with Crippen LogP contribution in [0.1, 0.15) is 28.7 Å². The van der Waals surface area contributed by atoms with Crippen LogP contribution in [-0.4, -0.2) is 34.3 Å². The van der Waals surface area contributed by atoms with Crippen molar-refractivity contribution < 1.29 is 18.3 Å². The highest BCUT2D eigenvalue weighted by Gasteiger charge is 2.32. The molecule has 1 atom stereocenters. The fraction of sp³-hybridized carbons (Fsp3) is 0.278. The summed E-state index contributed by atoms with van der Waals surface area (Å²) in [4.78, 5) is 16.1. The molecule has 3 aromatic rings. The Kier molecular flexibility index (Phi) is 4.75. The van der Waals surface area contributed by atoms with E-state index in [4.69, 9.17) is 0 Å². The van der Waals surface area contributed by atoms with E-state index in [1.165, 1.54) is 10.7 Å². The van der Waals surface area contributed by atoms with Crippen LogP contribution in [0.2, 0.25) is 0 Å². The van der Waals surface area contributed by atoms with Crippen LogP contribution in [0.5, 0.6) is 0 Å². The molecule has 3 rings (SSSR count). The quantitative estimate of drug-likeness (QED) is 0.691. The molecule has 2 aromatic heterocycles. The van der Waals surface area contributed by atoms with Crippen LogP contribution in [-0.2, 0) is 21.9 Å². The van der Waals surface area contributed by atoms with Gasteiger partial charge in [0.15, 0.2) is 0 Å². The smallest absolute Gasteiger partial charge is 0.326 e. The molecular formula is C18H20N4O4S. The van der Waals surface area contributed by atoms with Crippen molar-refractivity contribution in [2.24, 2.45) is 7.05 Å². The molecule has 0 saturated carbocycles. The van der Waals surface area contributed by atoms with Gasteiger partial charge < -0.3 is 5.11 Å². The highest BCUT2D eigenvalue weighted by Crippen LogP contribution is 2.26. The zero-order valence-corrected chi connectivity index (χ0v) is 16.2. The number of carboxylic acid groups (broad SMARTS) is 1. The summed E-state index contributed by atoms with van der Waals surface area (Å²) >= 11 is 0. The first kappa shape index (κ1) is 19.0. The second-order valence-corrected chi connectivity index (χ2v) is 8.06. The van der Waals surface area contributed by atoms with E-state index < -0.39 is 22.0 Å². The van der Waals surface area contributed by atoms with Gasteiger partial charge in [-0.3, -0.25) is 14.5 Å². The van der Waals surface area contributed by atoms with Gasteiger partial charge in [-0.1, -0.05) is 18.2 Å². The number of hydrogen-bond acceptors (Lipinski definition) is 5. The van der Waals surface area contributed by atoms with Crippen LogP contribution in [0.4, 0.5) is 0 Å². The molecule has 0 radical (unpaired) electrons. The summed E-state index contributed by atoms with van der Waals surface area (Å²) in [5.41, 5.74) is 2.33. The predicted octanol–water partition coefficient (Wildman–Crippen LogP) is 2.00. The fourth-order valence-electron chi connectivity index (χ4n) is 3.09. The molecule has 8 nitrogen and oxygen atoms in total. The molecule has 0 spiro atoms. The van der Waals surface area contributed by atoms with Crippen LogP contribution in [0.25, 0.3) is 10.9 Å². The van der Waals surface area contributed by atoms with Gasteiger partial charge in [-0.2, -0.15) is 9.82 Å².